The Hall–Kier alpha value is -3.85. The van der Waals surface area contributed by atoms with Crippen molar-refractivity contribution in [1.29, 1.82) is 0 Å². The molecule has 214 valence electrons. The van der Waals surface area contributed by atoms with Gasteiger partial charge in [0.1, 0.15) is 18.3 Å². The lowest BCUT2D eigenvalue weighted by Gasteiger charge is -2.33. The van der Waals surface area contributed by atoms with Crippen molar-refractivity contribution in [3.05, 3.63) is 90.0 Å². The van der Waals surface area contributed by atoms with Crippen molar-refractivity contribution < 1.29 is 22.7 Å². The van der Waals surface area contributed by atoms with Gasteiger partial charge >= 0.3 is 0 Å². The SMILES string of the molecule is CCCCNC(=O)[C@@H](CC)N(Cc1cccc(C)c1)C(=O)CN(c1ccc(OC)cc1)S(=O)(=O)c1ccccc1. The number of methoxy groups -OCH3 is 1. The van der Waals surface area contributed by atoms with Crippen LogP contribution in [0.15, 0.2) is 83.8 Å². The van der Waals surface area contributed by atoms with E-state index in [0.29, 0.717) is 24.4 Å². The Labute approximate surface area is 238 Å². The molecule has 0 aliphatic rings. The molecule has 0 aromatic heterocycles. The summed E-state index contributed by atoms with van der Waals surface area (Å²) in [4.78, 5) is 28.9. The fourth-order valence-corrected chi connectivity index (χ4v) is 5.86. The molecule has 0 fully saturated rings. The highest BCUT2D eigenvalue weighted by atomic mass is 32.2. The van der Waals surface area contributed by atoms with E-state index in [1.54, 1.807) is 42.5 Å². The van der Waals surface area contributed by atoms with Crippen LogP contribution in [0, 0.1) is 6.92 Å². The third-order valence-electron chi connectivity index (χ3n) is 6.62. The number of unbranched alkanes of at least 4 members (excludes halogenated alkanes) is 1. The summed E-state index contributed by atoms with van der Waals surface area (Å²) in [6.45, 7) is 6.05. The number of carbonyl (C=O) groups excluding carboxylic acids is 2. The summed E-state index contributed by atoms with van der Waals surface area (Å²) in [5.41, 5.74) is 2.20. The van der Waals surface area contributed by atoms with Crippen LogP contribution in [0.2, 0.25) is 0 Å². The molecule has 8 nitrogen and oxygen atoms in total. The van der Waals surface area contributed by atoms with Gasteiger partial charge in [0.15, 0.2) is 0 Å². The normalized spacial score (nSPS) is 11.9. The van der Waals surface area contributed by atoms with Crippen molar-refractivity contribution >= 4 is 27.5 Å². The van der Waals surface area contributed by atoms with Crippen LogP contribution in [-0.2, 0) is 26.2 Å². The second kappa shape index (κ2) is 14.5. The molecule has 0 spiro atoms. The quantitative estimate of drug-likeness (QED) is 0.280. The van der Waals surface area contributed by atoms with E-state index in [-0.39, 0.29) is 17.3 Å². The third kappa shape index (κ3) is 7.85. The number of nitrogens with zero attached hydrogens (tertiary/aromatic N) is 2. The van der Waals surface area contributed by atoms with Crippen molar-refractivity contribution in [3.63, 3.8) is 0 Å². The number of benzene rings is 3. The largest absolute Gasteiger partial charge is 0.497 e. The maximum Gasteiger partial charge on any atom is 0.264 e. The number of sulfonamides is 1. The van der Waals surface area contributed by atoms with Crippen LogP contribution in [0.1, 0.15) is 44.2 Å². The lowest BCUT2D eigenvalue weighted by atomic mass is 10.1. The number of anilines is 1. The summed E-state index contributed by atoms with van der Waals surface area (Å²) >= 11 is 0. The number of carbonyl (C=O) groups is 2. The molecule has 40 heavy (non-hydrogen) atoms. The van der Waals surface area contributed by atoms with Crippen LogP contribution < -0.4 is 14.4 Å². The first kappa shape index (κ1) is 30.7. The first-order valence-electron chi connectivity index (χ1n) is 13.6. The molecular formula is C31H39N3O5S. The topological polar surface area (TPSA) is 96.0 Å². The highest BCUT2D eigenvalue weighted by Gasteiger charge is 2.33. The number of nitrogens with one attached hydrogen (secondary N) is 1. The molecule has 0 aliphatic heterocycles. The van der Waals surface area contributed by atoms with E-state index in [9.17, 15) is 18.0 Å². The van der Waals surface area contributed by atoms with Crippen LogP contribution in [0.5, 0.6) is 5.75 Å². The van der Waals surface area contributed by atoms with Gasteiger partial charge in [0.25, 0.3) is 10.0 Å². The number of amides is 2. The van der Waals surface area contributed by atoms with Crippen molar-refractivity contribution in [2.45, 2.75) is 57.5 Å². The molecule has 0 heterocycles. The Morgan fingerprint density at radius 3 is 2.25 bits per heavy atom. The Bertz CT molecular complexity index is 1360. The van der Waals surface area contributed by atoms with Gasteiger partial charge in [-0.15, -0.1) is 0 Å². The smallest absolute Gasteiger partial charge is 0.264 e. The van der Waals surface area contributed by atoms with Gasteiger partial charge in [-0.3, -0.25) is 13.9 Å². The average Bonchev–Trinajstić information content (AvgIpc) is 2.96. The maximum atomic E-state index is 14.1. The van der Waals surface area contributed by atoms with E-state index in [1.165, 1.54) is 24.1 Å². The monoisotopic (exact) mass is 565 g/mol. The zero-order valence-corrected chi connectivity index (χ0v) is 24.5. The van der Waals surface area contributed by atoms with Crippen molar-refractivity contribution in [2.75, 3.05) is 24.5 Å². The highest BCUT2D eigenvalue weighted by molar-refractivity contribution is 7.92. The zero-order chi connectivity index (χ0) is 29.1. The molecule has 0 bridgehead atoms. The summed E-state index contributed by atoms with van der Waals surface area (Å²) in [6.07, 6.45) is 2.13. The summed E-state index contributed by atoms with van der Waals surface area (Å²) in [5.74, 6) is -0.170. The van der Waals surface area contributed by atoms with Gasteiger partial charge in [-0.25, -0.2) is 8.42 Å². The Morgan fingerprint density at radius 2 is 1.65 bits per heavy atom. The van der Waals surface area contributed by atoms with E-state index < -0.39 is 28.5 Å². The Morgan fingerprint density at radius 1 is 0.950 bits per heavy atom. The van der Waals surface area contributed by atoms with Crippen LogP contribution in [0.3, 0.4) is 0 Å². The third-order valence-corrected chi connectivity index (χ3v) is 8.41. The summed E-state index contributed by atoms with van der Waals surface area (Å²) in [6, 6.07) is 21.5. The summed E-state index contributed by atoms with van der Waals surface area (Å²) in [5, 5.41) is 2.94. The van der Waals surface area contributed by atoms with Gasteiger partial charge in [0, 0.05) is 13.1 Å². The maximum absolute atomic E-state index is 14.1. The van der Waals surface area contributed by atoms with E-state index in [0.717, 1.165) is 28.3 Å². The van der Waals surface area contributed by atoms with Gasteiger partial charge in [-0.1, -0.05) is 68.3 Å². The number of aryl methyl sites for hydroxylation is 1. The van der Waals surface area contributed by atoms with Crippen molar-refractivity contribution in [1.82, 2.24) is 10.2 Å². The van der Waals surface area contributed by atoms with Gasteiger partial charge in [0.05, 0.1) is 17.7 Å². The molecule has 3 aromatic rings. The Balaban J connectivity index is 2.02. The first-order chi connectivity index (χ1) is 19.2. The minimum Gasteiger partial charge on any atom is -0.497 e. The molecule has 1 atom stereocenters. The fourth-order valence-electron chi connectivity index (χ4n) is 4.43. The van der Waals surface area contributed by atoms with Gasteiger partial charge in [-0.2, -0.15) is 0 Å². The second-order valence-corrected chi connectivity index (χ2v) is 11.5. The van der Waals surface area contributed by atoms with E-state index in [1.807, 2.05) is 45.0 Å². The number of hydrogen-bond acceptors (Lipinski definition) is 5. The molecule has 3 rings (SSSR count). The van der Waals surface area contributed by atoms with E-state index >= 15 is 0 Å². The summed E-state index contributed by atoms with van der Waals surface area (Å²) in [7, 11) is -2.58. The average molecular weight is 566 g/mol. The predicted molar refractivity (Wildman–Crippen MR) is 158 cm³/mol. The summed E-state index contributed by atoms with van der Waals surface area (Å²) < 4.78 is 34.0. The van der Waals surface area contributed by atoms with Crippen molar-refractivity contribution in [2.24, 2.45) is 0 Å². The second-order valence-electron chi connectivity index (χ2n) is 9.60. The minimum absolute atomic E-state index is 0.0632. The van der Waals surface area contributed by atoms with Crippen LogP contribution in [0.4, 0.5) is 5.69 Å². The number of hydrogen-bond donors (Lipinski definition) is 1. The molecule has 0 saturated carbocycles. The van der Waals surface area contributed by atoms with Crippen LogP contribution in [-0.4, -0.2) is 51.4 Å². The lowest BCUT2D eigenvalue weighted by molar-refractivity contribution is -0.140. The van der Waals surface area contributed by atoms with Crippen LogP contribution in [0.25, 0.3) is 0 Å². The number of rotatable bonds is 14. The molecule has 2 amide bonds. The van der Waals surface area contributed by atoms with Crippen molar-refractivity contribution in [3.8, 4) is 5.75 Å². The first-order valence-corrected chi connectivity index (χ1v) is 15.0. The molecular weight excluding hydrogens is 526 g/mol. The molecule has 0 radical (unpaired) electrons. The Kier molecular flexibility index (Phi) is 11.1. The van der Waals surface area contributed by atoms with Gasteiger partial charge in [0.2, 0.25) is 11.8 Å². The number of ether oxygens (including phenoxy) is 1. The predicted octanol–water partition coefficient (Wildman–Crippen LogP) is 4.92. The fraction of sp³-hybridized carbons (Fsp3) is 0.355. The molecule has 3 aromatic carbocycles. The minimum atomic E-state index is -4.11. The van der Waals surface area contributed by atoms with Gasteiger partial charge in [-0.05, 0) is 61.7 Å². The van der Waals surface area contributed by atoms with E-state index in [4.69, 9.17) is 4.74 Å². The molecule has 0 aliphatic carbocycles. The van der Waals surface area contributed by atoms with Crippen LogP contribution >= 0.6 is 0 Å². The standard InChI is InChI=1S/C31H39N3O5S/c1-5-7-20-32-31(36)29(6-2)33(22-25-13-11-12-24(3)21-25)30(35)23-34(26-16-18-27(39-4)19-17-26)40(37,38)28-14-9-8-10-15-28/h8-19,21,29H,5-7,20,22-23H2,1-4H3,(H,32,36)/t29-/m1/s1. The van der Waals surface area contributed by atoms with Gasteiger partial charge < -0.3 is 15.0 Å². The molecule has 0 saturated heterocycles. The zero-order valence-electron chi connectivity index (χ0n) is 23.7. The lowest BCUT2D eigenvalue weighted by Crippen LogP contribution is -2.52. The van der Waals surface area contributed by atoms with E-state index in [2.05, 4.69) is 5.32 Å². The molecule has 0 unspecified atom stereocenters. The molecule has 9 heteroatoms. The molecule has 1 N–H and O–H groups in total. The highest BCUT2D eigenvalue weighted by Crippen LogP contribution is 2.26.